The molecule has 0 fully saturated rings. The number of halogens is 1. The van der Waals surface area contributed by atoms with Crippen LogP contribution in [0.3, 0.4) is 0 Å². The van der Waals surface area contributed by atoms with Gasteiger partial charge in [-0.1, -0.05) is 17.7 Å². The lowest BCUT2D eigenvalue weighted by Gasteiger charge is -2.09. The summed E-state index contributed by atoms with van der Waals surface area (Å²) in [6.07, 6.45) is 1.57. The summed E-state index contributed by atoms with van der Waals surface area (Å²) >= 11 is 0. The van der Waals surface area contributed by atoms with E-state index < -0.39 is 15.8 Å². The van der Waals surface area contributed by atoms with Gasteiger partial charge in [-0.15, -0.1) is 0 Å². The molecular weight excluding hydrogens is 291 g/mol. The topological polar surface area (TPSA) is 62.0 Å². The van der Waals surface area contributed by atoms with Crippen molar-refractivity contribution in [2.45, 2.75) is 11.8 Å². The van der Waals surface area contributed by atoms with Crippen molar-refractivity contribution in [2.24, 2.45) is 0 Å². The molecule has 0 unspecified atom stereocenters. The number of hydrogen-bond donors (Lipinski definition) is 2. The van der Waals surface area contributed by atoms with Crippen molar-refractivity contribution >= 4 is 26.6 Å². The van der Waals surface area contributed by atoms with Crippen LogP contribution in [0.15, 0.2) is 53.6 Å². The van der Waals surface area contributed by atoms with Crippen molar-refractivity contribution in [3.8, 4) is 0 Å². The summed E-state index contributed by atoms with van der Waals surface area (Å²) in [6, 6.07) is 10.7. The molecule has 6 heteroatoms. The maximum Gasteiger partial charge on any atom is 0.261 e. The minimum atomic E-state index is -3.70. The lowest BCUT2D eigenvalue weighted by molar-refractivity contribution is 0.601. The van der Waals surface area contributed by atoms with Crippen LogP contribution in [0.25, 0.3) is 10.9 Å². The van der Waals surface area contributed by atoms with E-state index in [-0.39, 0.29) is 4.90 Å². The highest BCUT2D eigenvalue weighted by Gasteiger charge is 2.16. The largest absolute Gasteiger partial charge is 0.359 e. The molecule has 3 aromatic rings. The Kier molecular flexibility index (Phi) is 3.17. The van der Waals surface area contributed by atoms with Crippen LogP contribution in [-0.2, 0) is 10.0 Å². The Labute approximate surface area is 121 Å². The standard InChI is InChI=1S/C15H13FN2O2S/c1-10-2-4-11(5-3-10)21(19,20)18-14-7-6-13(16)12-8-9-17-15(12)14/h2-9,17-18H,1H3. The first-order chi connectivity index (χ1) is 9.97. The van der Waals surface area contributed by atoms with E-state index in [1.165, 1.54) is 24.3 Å². The molecule has 0 aliphatic heterocycles. The predicted octanol–water partition coefficient (Wildman–Crippen LogP) is 3.42. The average Bonchev–Trinajstić information content (AvgIpc) is 2.93. The zero-order valence-corrected chi connectivity index (χ0v) is 12.0. The van der Waals surface area contributed by atoms with Gasteiger partial charge in [0.1, 0.15) is 5.82 Å². The van der Waals surface area contributed by atoms with Gasteiger partial charge in [-0.3, -0.25) is 4.72 Å². The molecule has 0 atom stereocenters. The quantitative estimate of drug-likeness (QED) is 0.779. The molecule has 0 amide bonds. The first-order valence-electron chi connectivity index (χ1n) is 6.32. The van der Waals surface area contributed by atoms with Crippen molar-refractivity contribution in [2.75, 3.05) is 4.72 Å². The van der Waals surface area contributed by atoms with E-state index in [4.69, 9.17) is 0 Å². The van der Waals surface area contributed by atoms with Crippen LogP contribution in [0.4, 0.5) is 10.1 Å². The third-order valence-corrected chi connectivity index (χ3v) is 4.63. The van der Waals surface area contributed by atoms with Crippen molar-refractivity contribution in [1.82, 2.24) is 4.98 Å². The van der Waals surface area contributed by atoms with Gasteiger partial charge in [0.05, 0.1) is 16.1 Å². The summed E-state index contributed by atoms with van der Waals surface area (Å²) < 4.78 is 40.8. The molecule has 0 radical (unpaired) electrons. The van der Waals surface area contributed by atoms with Gasteiger partial charge >= 0.3 is 0 Å². The van der Waals surface area contributed by atoms with Gasteiger partial charge in [-0.05, 0) is 37.3 Å². The highest BCUT2D eigenvalue weighted by atomic mass is 32.2. The zero-order valence-electron chi connectivity index (χ0n) is 11.2. The highest BCUT2D eigenvalue weighted by molar-refractivity contribution is 7.92. The van der Waals surface area contributed by atoms with E-state index in [1.54, 1.807) is 24.4 Å². The molecule has 2 N–H and O–H groups in total. The number of sulfonamides is 1. The van der Waals surface area contributed by atoms with Gasteiger partial charge in [0.2, 0.25) is 0 Å². The van der Waals surface area contributed by atoms with Crippen LogP contribution in [0.5, 0.6) is 0 Å². The van der Waals surface area contributed by atoms with Gasteiger partial charge in [0.15, 0.2) is 0 Å². The summed E-state index contributed by atoms with van der Waals surface area (Å²) in [4.78, 5) is 3.01. The van der Waals surface area contributed by atoms with Crippen molar-refractivity contribution in [1.29, 1.82) is 0 Å². The Hall–Kier alpha value is -2.34. The van der Waals surface area contributed by atoms with E-state index in [0.717, 1.165) is 5.56 Å². The maximum absolute atomic E-state index is 13.6. The van der Waals surface area contributed by atoms with E-state index in [0.29, 0.717) is 16.6 Å². The van der Waals surface area contributed by atoms with Gasteiger partial charge in [-0.2, -0.15) is 0 Å². The van der Waals surface area contributed by atoms with Crippen LogP contribution in [0.2, 0.25) is 0 Å². The summed E-state index contributed by atoms with van der Waals surface area (Å²) in [5, 5.41) is 0.346. The fraction of sp³-hybridized carbons (Fsp3) is 0.0667. The van der Waals surface area contributed by atoms with Gasteiger partial charge in [0, 0.05) is 11.6 Å². The maximum atomic E-state index is 13.6. The Balaban J connectivity index is 2.03. The van der Waals surface area contributed by atoms with E-state index >= 15 is 0 Å². The molecule has 3 rings (SSSR count). The molecule has 4 nitrogen and oxygen atoms in total. The summed E-state index contributed by atoms with van der Waals surface area (Å²) in [6.45, 7) is 1.88. The van der Waals surface area contributed by atoms with Gasteiger partial charge < -0.3 is 4.98 Å². The van der Waals surface area contributed by atoms with Gasteiger partial charge in [-0.25, -0.2) is 12.8 Å². The van der Waals surface area contributed by atoms with Crippen molar-refractivity contribution in [3.05, 3.63) is 60.0 Å². The number of anilines is 1. The molecule has 0 spiro atoms. The Morgan fingerprint density at radius 3 is 2.48 bits per heavy atom. The number of aromatic amines is 1. The number of hydrogen-bond acceptors (Lipinski definition) is 2. The number of aryl methyl sites for hydroxylation is 1. The Bertz CT molecular complexity index is 899. The van der Waals surface area contributed by atoms with Crippen LogP contribution in [0, 0.1) is 12.7 Å². The van der Waals surface area contributed by atoms with E-state index in [2.05, 4.69) is 9.71 Å². The minimum absolute atomic E-state index is 0.164. The second kappa shape index (κ2) is 4.89. The fourth-order valence-electron chi connectivity index (χ4n) is 2.13. The summed E-state index contributed by atoms with van der Waals surface area (Å²) in [5.41, 5.74) is 1.71. The predicted molar refractivity (Wildman–Crippen MR) is 80.2 cm³/mol. The highest BCUT2D eigenvalue weighted by Crippen LogP contribution is 2.26. The number of fused-ring (bicyclic) bond motifs is 1. The second-order valence-electron chi connectivity index (χ2n) is 4.78. The number of aromatic nitrogens is 1. The van der Waals surface area contributed by atoms with E-state index in [9.17, 15) is 12.8 Å². The molecule has 0 aliphatic rings. The molecule has 108 valence electrons. The molecular formula is C15H13FN2O2S. The lowest BCUT2D eigenvalue weighted by Crippen LogP contribution is -2.13. The van der Waals surface area contributed by atoms with E-state index in [1.807, 2.05) is 6.92 Å². The molecule has 0 aliphatic carbocycles. The normalized spacial score (nSPS) is 11.7. The smallest absolute Gasteiger partial charge is 0.261 e. The molecule has 1 aromatic heterocycles. The second-order valence-corrected chi connectivity index (χ2v) is 6.46. The molecule has 0 saturated carbocycles. The number of nitrogens with one attached hydrogen (secondary N) is 2. The molecule has 21 heavy (non-hydrogen) atoms. The first-order valence-corrected chi connectivity index (χ1v) is 7.81. The fourth-order valence-corrected chi connectivity index (χ4v) is 3.20. The molecule has 1 heterocycles. The van der Waals surface area contributed by atoms with Crippen LogP contribution in [0.1, 0.15) is 5.56 Å². The molecule has 2 aromatic carbocycles. The average molecular weight is 304 g/mol. The monoisotopic (exact) mass is 304 g/mol. The number of benzene rings is 2. The van der Waals surface area contributed by atoms with Crippen LogP contribution in [-0.4, -0.2) is 13.4 Å². The lowest BCUT2D eigenvalue weighted by atomic mass is 10.2. The molecule has 0 saturated heterocycles. The summed E-state index contributed by atoms with van der Waals surface area (Å²) in [7, 11) is -3.70. The Morgan fingerprint density at radius 2 is 1.76 bits per heavy atom. The third-order valence-electron chi connectivity index (χ3n) is 3.25. The third kappa shape index (κ3) is 2.50. The first kappa shape index (κ1) is 13.6. The van der Waals surface area contributed by atoms with Crippen molar-refractivity contribution in [3.63, 3.8) is 0 Å². The minimum Gasteiger partial charge on any atom is -0.359 e. The van der Waals surface area contributed by atoms with Crippen LogP contribution >= 0.6 is 0 Å². The van der Waals surface area contributed by atoms with Crippen molar-refractivity contribution < 1.29 is 12.8 Å². The van der Waals surface area contributed by atoms with Gasteiger partial charge in [0.25, 0.3) is 10.0 Å². The van der Waals surface area contributed by atoms with Crippen LogP contribution < -0.4 is 4.72 Å². The number of H-pyrrole nitrogens is 1. The Morgan fingerprint density at radius 1 is 1.05 bits per heavy atom. The summed E-state index contributed by atoms with van der Waals surface area (Å²) in [5.74, 6) is -0.399. The molecule has 0 bridgehead atoms. The zero-order chi connectivity index (χ0) is 15.0. The number of rotatable bonds is 3. The SMILES string of the molecule is Cc1ccc(S(=O)(=O)Nc2ccc(F)c3cc[nH]c23)cc1.